The third kappa shape index (κ3) is 11.5. The van der Waals surface area contributed by atoms with Gasteiger partial charge in [-0.2, -0.15) is 0 Å². The van der Waals surface area contributed by atoms with E-state index in [4.69, 9.17) is 14.6 Å². The second-order valence-electron chi connectivity index (χ2n) is 8.03. The van der Waals surface area contributed by atoms with Gasteiger partial charge < -0.3 is 24.8 Å². The molecule has 4 atom stereocenters. The van der Waals surface area contributed by atoms with Crippen molar-refractivity contribution < 1.29 is 24.8 Å². The monoisotopic (exact) mass is 400 g/mol. The average molecular weight is 401 g/mol. The molecule has 1 aliphatic heterocycles. The van der Waals surface area contributed by atoms with E-state index < -0.39 is 24.4 Å². The number of rotatable bonds is 18. The summed E-state index contributed by atoms with van der Waals surface area (Å²) in [7, 11) is 0. The lowest BCUT2D eigenvalue weighted by molar-refractivity contribution is -0.0938. The topological polar surface area (TPSA) is 79.2 Å². The molecule has 0 unspecified atom stereocenters. The quantitative estimate of drug-likeness (QED) is 0.238. The Bertz CT molecular complexity index is 374. The Morgan fingerprint density at radius 1 is 0.929 bits per heavy atom. The zero-order valence-electron chi connectivity index (χ0n) is 17.9. The van der Waals surface area contributed by atoms with Crippen LogP contribution in [0.2, 0.25) is 0 Å². The standard InChI is InChI=1S/C23H44O5/c1-2-3-4-5-6-7-8-9-10-11-12-13-14-15-16-17-27-23-21(26)19-28-22(23)20(25)18-24/h4-5,20-26H,2-3,6-19H2,1H3/b5-4+/t20-,21+,22-,23-/m0/s1. The van der Waals surface area contributed by atoms with Crippen LogP contribution in [-0.2, 0) is 9.47 Å². The smallest absolute Gasteiger partial charge is 0.114 e. The minimum atomic E-state index is -1.00. The average Bonchev–Trinajstić information content (AvgIpc) is 3.07. The van der Waals surface area contributed by atoms with Crippen LogP contribution in [0.1, 0.15) is 90.4 Å². The van der Waals surface area contributed by atoms with Gasteiger partial charge in [0.2, 0.25) is 0 Å². The fourth-order valence-corrected chi connectivity index (χ4v) is 3.66. The minimum Gasteiger partial charge on any atom is -0.394 e. The maximum absolute atomic E-state index is 9.88. The van der Waals surface area contributed by atoms with Crippen LogP contribution in [0.15, 0.2) is 12.2 Å². The summed E-state index contributed by atoms with van der Waals surface area (Å²) in [5.74, 6) is 0. The van der Waals surface area contributed by atoms with Crippen molar-refractivity contribution in [1.82, 2.24) is 0 Å². The first-order chi connectivity index (χ1) is 13.7. The van der Waals surface area contributed by atoms with Crippen molar-refractivity contribution in [2.45, 2.75) is 115 Å². The van der Waals surface area contributed by atoms with Crippen molar-refractivity contribution in [3.8, 4) is 0 Å². The maximum Gasteiger partial charge on any atom is 0.114 e. The van der Waals surface area contributed by atoms with E-state index in [2.05, 4.69) is 19.1 Å². The van der Waals surface area contributed by atoms with E-state index >= 15 is 0 Å². The van der Waals surface area contributed by atoms with E-state index in [0.717, 1.165) is 12.8 Å². The Kier molecular flexibility index (Phi) is 15.9. The van der Waals surface area contributed by atoms with Crippen LogP contribution < -0.4 is 0 Å². The summed E-state index contributed by atoms with van der Waals surface area (Å²) in [6, 6.07) is 0. The number of aliphatic hydroxyl groups is 3. The molecule has 1 aliphatic rings. The predicted molar refractivity (Wildman–Crippen MR) is 113 cm³/mol. The third-order valence-electron chi connectivity index (χ3n) is 5.43. The van der Waals surface area contributed by atoms with E-state index in [9.17, 15) is 10.2 Å². The molecule has 0 radical (unpaired) electrons. The van der Waals surface area contributed by atoms with Gasteiger partial charge in [-0.25, -0.2) is 0 Å². The molecule has 166 valence electrons. The summed E-state index contributed by atoms with van der Waals surface area (Å²) >= 11 is 0. The maximum atomic E-state index is 9.88. The number of ether oxygens (including phenoxy) is 2. The molecule has 0 amide bonds. The summed E-state index contributed by atoms with van der Waals surface area (Å²) in [6.45, 7) is 2.55. The highest BCUT2D eigenvalue weighted by molar-refractivity contribution is 4.89. The lowest BCUT2D eigenvalue weighted by Gasteiger charge is -2.23. The van der Waals surface area contributed by atoms with Gasteiger partial charge in [0.1, 0.15) is 24.4 Å². The molecule has 0 aromatic carbocycles. The van der Waals surface area contributed by atoms with Gasteiger partial charge >= 0.3 is 0 Å². The van der Waals surface area contributed by atoms with E-state index in [-0.39, 0.29) is 13.2 Å². The van der Waals surface area contributed by atoms with Gasteiger partial charge in [-0.05, 0) is 25.7 Å². The highest BCUT2D eigenvalue weighted by Gasteiger charge is 2.40. The molecule has 1 rings (SSSR count). The number of allylic oxidation sites excluding steroid dienone is 2. The first-order valence-electron chi connectivity index (χ1n) is 11.6. The van der Waals surface area contributed by atoms with Crippen LogP contribution in [0, 0.1) is 0 Å². The molecular weight excluding hydrogens is 356 g/mol. The molecule has 0 saturated carbocycles. The van der Waals surface area contributed by atoms with Crippen LogP contribution in [0.5, 0.6) is 0 Å². The van der Waals surface area contributed by atoms with Crippen molar-refractivity contribution in [3.63, 3.8) is 0 Å². The lowest BCUT2D eigenvalue weighted by Crippen LogP contribution is -2.42. The van der Waals surface area contributed by atoms with Crippen LogP contribution in [0.3, 0.4) is 0 Å². The van der Waals surface area contributed by atoms with Gasteiger partial charge in [-0.1, -0.05) is 76.9 Å². The van der Waals surface area contributed by atoms with Crippen molar-refractivity contribution >= 4 is 0 Å². The Morgan fingerprint density at radius 2 is 1.50 bits per heavy atom. The second kappa shape index (κ2) is 17.4. The number of unbranched alkanes of at least 4 members (excludes halogenated alkanes) is 11. The van der Waals surface area contributed by atoms with Crippen LogP contribution in [-0.4, -0.2) is 59.6 Å². The van der Waals surface area contributed by atoms with E-state index in [0.29, 0.717) is 6.61 Å². The largest absolute Gasteiger partial charge is 0.394 e. The highest BCUT2D eigenvalue weighted by atomic mass is 16.6. The fourth-order valence-electron chi connectivity index (χ4n) is 3.66. The molecule has 0 aromatic heterocycles. The normalized spacial score (nSPS) is 23.6. The Morgan fingerprint density at radius 3 is 2.11 bits per heavy atom. The zero-order valence-corrected chi connectivity index (χ0v) is 17.9. The predicted octanol–water partition coefficient (Wildman–Crippen LogP) is 4.13. The first-order valence-corrected chi connectivity index (χ1v) is 11.6. The summed E-state index contributed by atoms with van der Waals surface area (Å²) in [5.41, 5.74) is 0. The van der Waals surface area contributed by atoms with Gasteiger partial charge in [0.05, 0.1) is 13.2 Å². The number of aliphatic hydroxyl groups excluding tert-OH is 3. The Hall–Kier alpha value is -0.460. The summed E-state index contributed by atoms with van der Waals surface area (Å²) in [6.07, 6.45) is 18.1. The Balaban J connectivity index is 1.86. The SMILES string of the molecule is CCC/C=C/CCCCCCCCCCCCO[C@@H]1[C@H]([C@@H](O)CO)OC[C@H]1O. The van der Waals surface area contributed by atoms with E-state index in [1.54, 1.807) is 0 Å². The lowest BCUT2D eigenvalue weighted by atomic mass is 10.1. The zero-order chi connectivity index (χ0) is 20.5. The van der Waals surface area contributed by atoms with Gasteiger partial charge in [0, 0.05) is 6.61 Å². The molecule has 1 heterocycles. The molecule has 1 fully saturated rings. The first kappa shape index (κ1) is 25.6. The van der Waals surface area contributed by atoms with Gasteiger partial charge in [0.25, 0.3) is 0 Å². The molecular formula is C23H44O5. The van der Waals surface area contributed by atoms with Crippen LogP contribution in [0.25, 0.3) is 0 Å². The van der Waals surface area contributed by atoms with Crippen molar-refractivity contribution in [2.24, 2.45) is 0 Å². The molecule has 3 N–H and O–H groups in total. The van der Waals surface area contributed by atoms with Gasteiger partial charge in [0.15, 0.2) is 0 Å². The summed E-state index contributed by atoms with van der Waals surface area (Å²) in [4.78, 5) is 0. The summed E-state index contributed by atoms with van der Waals surface area (Å²) < 4.78 is 11.0. The van der Waals surface area contributed by atoms with Crippen molar-refractivity contribution in [3.05, 3.63) is 12.2 Å². The van der Waals surface area contributed by atoms with E-state index in [1.165, 1.54) is 70.6 Å². The Labute approximate surface area is 172 Å². The van der Waals surface area contributed by atoms with Gasteiger partial charge in [-0.3, -0.25) is 0 Å². The van der Waals surface area contributed by atoms with Crippen LogP contribution in [0.4, 0.5) is 0 Å². The minimum absolute atomic E-state index is 0.155. The molecule has 0 spiro atoms. The molecule has 5 heteroatoms. The van der Waals surface area contributed by atoms with Crippen molar-refractivity contribution in [2.75, 3.05) is 19.8 Å². The molecule has 5 nitrogen and oxygen atoms in total. The molecule has 1 saturated heterocycles. The second-order valence-corrected chi connectivity index (χ2v) is 8.03. The molecule has 28 heavy (non-hydrogen) atoms. The number of hydrogen-bond acceptors (Lipinski definition) is 5. The third-order valence-corrected chi connectivity index (χ3v) is 5.43. The number of hydrogen-bond donors (Lipinski definition) is 3. The molecule has 0 aliphatic carbocycles. The molecule has 0 bridgehead atoms. The van der Waals surface area contributed by atoms with Crippen molar-refractivity contribution in [1.29, 1.82) is 0 Å². The summed E-state index contributed by atoms with van der Waals surface area (Å²) in [5, 5.41) is 28.6. The van der Waals surface area contributed by atoms with Gasteiger partial charge in [-0.15, -0.1) is 0 Å². The molecule has 0 aromatic rings. The fraction of sp³-hybridized carbons (Fsp3) is 0.913. The van der Waals surface area contributed by atoms with Crippen LogP contribution >= 0.6 is 0 Å². The highest BCUT2D eigenvalue weighted by Crippen LogP contribution is 2.21. The van der Waals surface area contributed by atoms with E-state index in [1.807, 2.05) is 0 Å².